The second-order valence-corrected chi connectivity index (χ2v) is 6.60. The molecule has 1 aromatic heterocycles. The third-order valence-electron chi connectivity index (χ3n) is 4.69. The first-order valence-electron chi connectivity index (χ1n) is 8.60. The number of rotatable bonds is 5. The minimum atomic E-state index is -0.790. The van der Waals surface area contributed by atoms with E-state index in [1.807, 2.05) is 31.2 Å². The lowest BCUT2D eigenvalue weighted by molar-refractivity contribution is -0.128. The van der Waals surface area contributed by atoms with E-state index < -0.39 is 11.6 Å². The van der Waals surface area contributed by atoms with E-state index in [-0.39, 0.29) is 18.3 Å². The molecule has 26 heavy (non-hydrogen) atoms. The van der Waals surface area contributed by atoms with E-state index in [2.05, 4.69) is 15.5 Å². The van der Waals surface area contributed by atoms with Crippen molar-refractivity contribution in [3.63, 3.8) is 0 Å². The zero-order chi connectivity index (χ0) is 17.9. The Morgan fingerprint density at radius 3 is 2.77 bits per heavy atom. The van der Waals surface area contributed by atoms with Gasteiger partial charge in [0.15, 0.2) is 0 Å². The van der Waals surface area contributed by atoms with Crippen molar-refractivity contribution in [2.45, 2.75) is 50.6 Å². The number of ether oxygens (including phenoxy) is 1. The minimum absolute atomic E-state index is 0. The molecule has 7 nitrogen and oxygen atoms in total. The summed E-state index contributed by atoms with van der Waals surface area (Å²) in [6, 6.07) is 7.00. The molecule has 1 heterocycles. The molecule has 1 aliphatic rings. The van der Waals surface area contributed by atoms with Crippen LogP contribution in [-0.2, 0) is 4.79 Å². The van der Waals surface area contributed by atoms with E-state index in [4.69, 9.17) is 15.0 Å². The highest BCUT2D eigenvalue weighted by Crippen LogP contribution is 2.27. The van der Waals surface area contributed by atoms with Gasteiger partial charge in [-0.3, -0.25) is 4.79 Å². The summed E-state index contributed by atoms with van der Waals surface area (Å²) in [5.41, 5.74) is 6.26. The van der Waals surface area contributed by atoms with Gasteiger partial charge in [0, 0.05) is 5.56 Å². The molecule has 0 radical (unpaired) electrons. The maximum atomic E-state index is 12.5. The van der Waals surface area contributed by atoms with E-state index in [9.17, 15) is 4.79 Å². The van der Waals surface area contributed by atoms with Crippen molar-refractivity contribution in [2.24, 2.45) is 5.73 Å². The fraction of sp³-hybridized carbons (Fsp3) is 0.500. The van der Waals surface area contributed by atoms with Crippen LogP contribution in [0.15, 0.2) is 28.8 Å². The van der Waals surface area contributed by atoms with Gasteiger partial charge in [0.05, 0.1) is 12.6 Å². The molecule has 1 aromatic carbocycles. The van der Waals surface area contributed by atoms with Gasteiger partial charge in [0.25, 0.3) is 0 Å². The maximum absolute atomic E-state index is 12.5. The quantitative estimate of drug-likeness (QED) is 0.826. The molecule has 0 saturated heterocycles. The van der Waals surface area contributed by atoms with Gasteiger partial charge in [-0.15, -0.1) is 12.4 Å². The average Bonchev–Trinajstić information content (AvgIpc) is 3.12. The van der Waals surface area contributed by atoms with E-state index in [0.29, 0.717) is 30.3 Å². The summed E-state index contributed by atoms with van der Waals surface area (Å²) in [5.74, 6) is 1.37. The normalized spacial score (nSPS) is 17.0. The number of hydrogen-bond donors (Lipinski definition) is 2. The van der Waals surface area contributed by atoms with Crippen LogP contribution in [0.5, 0.6) is 5.75 Å². The third-order valence-corrected chi connectivity index (χ3v) is 4.69. The highest BCUT2D eigenvalue weighted by atomic mass is 35.5. The number of hydrogen-bond acceptors (Lipinski definition) is 6. The van der Waals surface area contributed by atoms with Crippen LogP contribution in [0.25, 0.3) is 11.4 Å². The molecular formula is C18H25ClN4O3. The molecule has 0 aliphatic heterocycles. The summed E-state index contributed by atoms with van der Waals surface area (Å²) < 4.78 is 10.5. The zero-order valence-corrected chi connectivity index (χ0v) is 15.8. The van der Waals surface area contributed by atoms with Gasteiger partial charge in [-0.2, -0.15) is 4.98 Å². The van der Waals surface area contributed by atoms with E-state index in [0.717, 1.165) is 24.8 Å². The highest BCUT2D eigenvalue weighted by molar-refractivity contribution is 5.86. The van der Waals surface area contributed by atoms with Crippen molar-refractivity contribution < 1.29 is 14.1 Å². The molecule has 0 spiro atoms. The summed E-state index contributed by atoms with van der Waals surface area (Å²) in [4.78, 5) is 16.9. The first-order valence-corrected chi connectivity index (χ1v) is 8.60. The largest absolute Gasteiger partial charge is 0.497 e. The predicted molar refractivity (Wildman–Crippen MR) is 100 cm³/mol. The molecule has 1 fully saturated rings. The van der Waals surface area contributed by atoms with Crippen LogP contribution >= 0.6 is 12.4 Å². The van der Waals surface area contributed by atoms with E-state index in [1.165, 1.54) is 0 Å². The van der Waals surface area contributed by atoms with Crippen molar-refractivity contribution in [3.05, 3.63) is 30.2 Å². The zero-order valence-electron chi connectivity index (χ0n) is 15.0. The minimum Gasteiger partial charge on any atom is -0.497 e. The lowest BCUT2D eigenvalue weighted by atomic mass is 9.82. The SMILES string of the molecule is COc1cccc(-c2noc(C(C)NC(=O)C3(N)CCCCC3)n2)c1.Cl. The lowest BCUT2D eigenvalue weighted by Crippen LogP contribution is -2.55. The number of methoxy groups -OCH3 is 1. The number of nitrogens with two attached hydrogens (primary N) is 1. The molecule has 0 bridgehead atoms. The molecule has 3 N–H and O–H groups in total. The number of carbonyl (C=O) groups excluding carboxylic acids is 1. The third kappa shape index (κ3) is 4.34. The Morgan fingerprint density at radius 2 is 2.08 bits per heavy atom. The van der Waals surface area contributed by atoms with Crippen LogP contribution in [-0.4, -0.2) is 28.7 Å². The number of carbonyl (C=O) groups is 1. The maximum Gasteiger partial charge on any atom is 0.249 e. The first kappa shape index (κ1) is 20.2. The number of aromatic nitrogens is 2. The standard InChI is InChI=1S/C18H24N4O3.ClH/c1-12(20-17(23)18(19)9-4-3-5-10-18)16-21-15(22-25-16)13-7-6-8-14(11-13)24-2;/h6-8,11-12H,3-5,9-10,19H2,1-2H3,(H,20,23);1H. The average molecular weight is 381 g/mol. The second-order valence-electron chi connectivity index (χ2n) is 6.60. The van der Waals surface area contributed by atoms with Crippen molar-refractivity contribution in [2.75, 3.05) is 7.11 Å². The van der Waals surface area contributed by atoms with Crippen molar-refractivity contribution >= 4 is 18.3 Å². The van der Waals surface area contributed by atoms with Crippen LogP contribution in [0.4, 0.5) is 0 Å². The van der Waals surface area contributed by atoms with Crippen LogP contribution in [0, 0.1) is 0 Å². The topological polar surface area (TPSA) is 103 Å². The molecule has 2 aromatic rings. The van der Waals surface area contributed by atoms with Crippen molar-refractivity contribution in [1.82, 2.24) is 15.5 Å². The summed E-state index contributed by atoms with van der Waals surface area (Å²) >= 11 is 0. The Hall–Kier alpha value is -2.12. The molecular weight excluding hydrogens is 356 g/mol. The smallest absolute Gasteiger partial charge is 0.249 e. The number of benzene rings is 1. The number of halogens is 1. The summed E-state index contributed by atoms with van der Waals surface area (Å²) in [5, 5.41) is 6.90. The Balaban J connectivity index is 0.00000243. The highest BCUT2D eigenvalue weighted by Gasteiger charge is 2.36. The van der Waals surface area contributed by atoms with Gasteiger partial charge in [-0.25, -0.2) is 0 Å². The van der Waals surface area contributed by atoms with Crippen LogP contribution < -0.4 is 15.8 Å². The van der Waals surface area contributed by atoms with Crippen molar-refractivity contribution in [3.8, 4) is 17.1 Å². The fourth-order valence-electron chi connectivity index (χ4n) is 3.10. The molecule has 1 saturated carbocycles. The predicted octanol–water partition coefficient (Wildman–Crippen LogP) is 3.01. The summed E-state index contributed by atoms with van der Waals surface area (Å²) in [7, 11) is 1.60. The molecule has 8 heteroatoms. The molecule has 142 valence electrons. The second kappa shape index (κ2) is 8.51. The van der Waals surface area contributed by atoms with E-state index >= 15 is 0 Å². The monoisotopic (exact) mass is 380 g/mol. The Morgan fingerprint density at radius 1 is 1.35 bits per heavy atom. The Bertz CT molecular complexity index is 744. The van der Waals surface area contributed by atoms with Gasteiger partial charge in [-0.05, 0) is 31.9 Å². The van der Waals surface area contributed by atoms with Gasteiger partial charge in [0.1, 0.15) is 11.8 Å². The number of nitrogens with zero attached hydrogens (tertiary/aromatic N) is 2. The number of amides is 1. The summed E-state index contributed by atoms with van der Waals surface area (Å²) in [6.45, 7) is 1.81. The summed E-state index contributed by atoms with van der Waals surface area (Å²) in [6.07, 6.45) is 4.53. The lowest BCUT2D eigenvalue weighted by Gasteiger charge is -2.32. The van der Waals surface area contributed by atoms with Gasteiger partial charge in [-0.1, -0.05) is 36.6 Å². The van der Waals surface area contributed by atoms with Gasteiger partial charge >= 0.3 is 0 Å². The Labute approximate surface area is 159 Å². The van der Waals surface area contributed by atoms with Crippen molar-refractivity contribution in [1.29, 1.82) is 0 Å². The van der Waals surface area contributed by atoms with Gasteiger partial charge < -0.3 is 20.3 Å². The molecule has 1 atom stereocenters. The fourth-order valence-corrected chi connectivity index (χ4v) is 3.10. The first-order chi connectivity index (χ1) is 12.0. The molecule has 1 unspecified atom stereocenters. The van der Waals surface area contributed by atoms with Gasteiger partial charge in [0.2, 0.25) is 17.6 Å². The Kier molecular flexibility index (Phi) is 6.61. The van der Waals surface area contributed by atoms with E-state index in [1.54, 1.807) is 7.11 Å². The van der Waals surface area contributed by atoms with Crippen LogP contribution in [0.3, 0.4) is 0 Å². The van der Waals surface area contributed by atoms with Crippen LogP contribution in [0.2, 0.25) is 0 Å². The number of nitrogens with one attached hydrogen (secondary N) is 1. The molecule has 3 rings (SSSR count). The van der Waals surface area contributed by atoms with Crippen LogP contribution in [0.1, 0.15) is 51.0 Å². The molecule has 1 amide bonds. The molecule has 1 aliphatic carbocycles.